The van der Waals surface area contributed by atoms with Crippen LogP contribution in [0.25, 0.3) is 5.69 Å². The maximum absolute atomic E-state index is 12.9. The summed E-state index contributed by atoms with van der Waals surface area (Å²) in [4.78, 5) is 24.8. The van der Waals surface area contributed by atoms with Gasteiger partial charge in [0.15, 0.2) is 5.82 Å². The van der Waals surface area contributed by atoms with E-state index in [0.717, 1.165) is 11.4 Å². The zero-order valence-electron chi connectivity index (χ0n) is 17.1. The molecule has 3 aromatic rings. The molecule has 2 aromatic heterocycles. The second-order valence-electron chi connectivity index (χ2n) is 6.72. The molecule has 0 aliphatic carbocycles. The van der Waals surface area contributed by atoms with E-state index in [9.17, 15) is 4.79 Å². The number of hydrogen-bond donors (Lipinski definition) is 0. The van der Waals surface area contributed by atoms with Gasteiger partial charge in [-0.15, -0.1) is 0 Å². The van der Waals surface area contributed by atoms with Crippen LogP contribution in [0.4, 0.5) is 17.2 Å². The lowest BCUT2D eigenvalue weighted by Crippen LogP contribution is -2.50. The number of nitrogens with zero attached hydrogens (tertiary/aromatic N) is 6. The Hall–Kier alpha value is -2.93. The van der Waals surface area contributed by atoms with E-state index in [-0.39, 0.29) is 17.2 Å². The van der Waals surface area contributed by atoms with Gasteiger partial charge in [-0.3, -0.25) is 4.79 Å². The summed E-state index contributed by atoms with van der Waals surface area (Å²) in [6.45, 7) is 6.23. The van der Waals surface area contributed by atoms with Crippen molar-refractivity contribution in [2.75, 3.05) is 16.8 Å². The van der Waals surface area contributed by atoms with Crippen molar-refractivity contribution >= 4 is 34.7 Å². The normalized spacial score (nSPS) is 15.6. The molecule has 1 unspecified atom stereocenters. The Labute approximate surface area is 175 Å². The van der Waals surface area contributed by atoms with Gasteiger partial charge in [-0.2, -0.15) is 10.1 Å². The molecule has 3 heterocycles. The molecule has 1 aliphatic rings. The first kappa shape index (κ1) is 20.8. The van der Waals surface area contributed by atoms with Gasteiger partial charge >= 0.3 is 0 Å². The van der Waals surface area contributed by atoms with Crippen LogP contribution in [0, 0.1) is 0 Å². The van der Waals surface area contributed by atoms with Gasteiger partial charge in [0.05, 0.1) is 11.9 Å². The van der Waals surface area contributed by atoms with Crippen LogP contribution in [-0.4, -0.2) is 38.7 Å². The van der Waals surface area contributed by atoms with Crippen LogP contribution in [-0.2, 0) is 4.79 Å². The summed E-state index contributed by atoms with van der Waals surface area (Å²) < 4.78 is 1.77. The number of likely N-dealkylation sites (N-methyl/N-ethyl adjacent to an activating group) is 1. The van der Waals surface area contributed by atoms with E-state index in [0.29, 0.717) is 17.9 Å². The third-order valence-electron chi connectivity index (χ3n) is 4.50. The number of halogens is 1. The van der Waals surface area contributed by atoms with Crippen LogP contribution in [0.15, 0.2) is 48.9 Å². The molecule has 7 nitrogen and oxygen atoms in total. The van der Waals surface area contributed by atoms with Crippen LogP contribution in [0.3, 0.4) is 0 Å². The number of amides is 1. The van der Waals surface area contributed by atoms with Crippen molar-refractivity contribution in [3.63, 3.8) is 0 Å². The summed E-state index contributed by atoms with van der Waals surface area (Å²) in [6, 6.07) is 9.32. The van der Waals surface area contributed by atoms with E-state index in [1.54, 1.807) is 29.0 Å². The monoisotopic (exact) mass is 412 g/mol. The molecule has 0 spiro atoms. The molecule has 4 rings (SSSR count). The van der Waals surface area contributed by atoms with E-state index in [1.165, 1.54) is 6.42 Å². The second kappa shape index (κ2) is 9.05. The number of anilines is 3. The quantitative estimate of drug-likeness (QED) is 0.587. The molecule has 1 aliphatic heterocycles. The Morgan fingerprint density at radius 2 is 1.86 bits per heavy atom. The minimum absolute atomic E-state index is 0.00425. The van der Waals surface area contributed by atoms with Crippen LogP contribution < -0.4 is 9.80 Å². The Morgan fingerprint density at radius 1 is 1.14 bits per heavy atom. The highest BCUT2D eigenvalue weighted by molar-refractivity contribution is 6.28. The van der Waals surface area contributed by atoms with Crippen molar-refractivity contribution in [2.45, 2.75) is 39.7 Å². The lowest BCUT2D eigenvalue weighted by atomic mass is 10.1. The summed E-state index contributed by atoms with van der Waals surface area (Å²) in [6.07, 6.45) is 7.07. The third kappa shape index (κ3) is 4.10. The Balaban J connectivity index is 0.000000755. The number of benzene rings is 1. The molecule has 0 radical (unpaired) electrons. The second-order valence-corrected chi connectivity index (χ2v) is 7.05. The number of fused-ring (bicyclic) bond motifs is 1. The van der Waals surface area contributed by atoms with Crippen LogP contribution >= 0.6 is 11.6 Å². The van der Waals surface area contributed by atoms with Gasteiger partial charge in [-0.05, 0) is 42.3 Å². The predicted octanol–water partition coefficient (Wildman–Crippen LogP) is 4.63. The molecule has 8 heteroatoms. The summed E-state index contributed by atoms with van der Waals surface area (Å²) in [5, 5.41) is 4.42. The molecular formula is C21H25ClN6O. The first-order valence-electron chi connectivity index (χ1n) is 9.71. The largest absolute Gasteiger partial charge is 0.312 e. The fourth-order valence-electron chi connectivity index (χ4n) is 3.23. The smallest absolute Gasteiger partial charge is 0.250 e. The molecule has 0 saturated carbocycles. The Bertz CT molecular complexity index is 975. The van der Waals surface area contributed by atoms with E-state index in [1.807, 2.05) is 48.4 Å². The molecule has 1 aromatic carbocycles. The topological polar surface area (TPSA) is 67.2 Å². The van der Waals surface area contributed by atoms with E-state index in [4.69, 9.17) is 11.6 Å². The first-order valence-corrected chi connectivity index (χ1v) is 10.1. The average Bonchev–Trinajstić information content (AvgIpc) is 3.26. The van der Waals surface area contributed by atoms with Gasteiger partial charge in [0.2, 0.25) is 11.2 Å². The predicted molar refractivity (Wildman–Crippen MR) is 116 cm³/mol. The van der Waals surface area contributed by atoms with Crippen molar-refractivity contribution in [3.05, 3.63) is 54.2 Å². The fraction of sp³-hybridized carbons (Fsp3) is 0.333. The maximum Gasteiger partial charge on any atom is 0.250 e. The summed E-state index contributed by atoms with van der Waals surface area (Å²) in [7, 11) is 1.73. The highest BCUT2D eigenvalue weighted by Gasteiger charge is 2.38. The van der Waals surface area contributed by atoms with E-state index in [2.05, 4.69) is 28.9 Å². The molecule has 0 saturated heterocycles. The maximum atomic E-state index is 12.9. The lowest BCUT2D eigenvalue weighted by Gasteiger charge is -2.40. The van der Waals surface area contributed by atoms with Gasteiger partial charge in [0, 0.05) is 25.1 Å². The average molecular weight is 413 g/mol. The first-order chi connectivity index (χ1) is 14.0. The SMILES string of the molecule is CCC.CCC1C(=O)N(C)c2cnc(Cl)nc2N1c1cccc(-n2cccn2)c1. The van der Waals surface area contributed by atoms with Crippen molar-refractivity contribution < 1.29 is 4.79 Å². The zero-order chi connectivity index (χ0) is 21.0. The van der Waals surface area contributed by atoms with Crippen LogP contribution in [0.5, 0.6) is 0 Å². The third-order valence-corrected chi connectivity index (χ3v) is 4.68. The molecule has 29 heavy (non-hydrogen) atoms. The minimum atomic E-state index is -0.369. The molecule has 152 valence electrons. The Kier molecular flexibility index (Phi) is 6.49. The molecule has 0 bridgehead atoms. The van der Waals surface area contributed by atoms with Gasteiger partial charge in [-0.25, -0.2) is 9.67 Å². The van der Waals surface area contributed by atoms with Gasteiger partial charge in [0.1, 0.15) is 11.7 Å². The number of rotatable bonds is 3. The number of carbonyl (C=O) groups is 1. The standard InChI is InChI=1S/C18H17ClN6O.C3H8/c1-3-14-17(26)23(2)15-11-20-18(19)22-16(15)25(14)13-7-4-6-12(10-13)24-9-5-8-21-24;1-3-2/h4-11,14H,3H2,1-2H3;3H2,1-2H3. The molecule has 0 fully saturated rings. The molecule has 1 atom stereocenters. The highest BCUT2D eigenvalue weighted by Crippen LogP contribution is 2.40. The van der Waals surface area contributed by atoms with Crippen molar-refractivity contribution in [1.82, 2.24) is 19.7 Å². The Morgan fingerprint density at radius 3 is 2.52 bits per heavy atom. The number of hydrogen-bond acceptors (Lipinski definition) is 5. The fourth-order valence-corrected chi connectivity index (χ4v) is 3.36. The van der Waals surface area contributed by atoms with Crippen LogP contribution in [0.1, 0.15) is 33.6 Å². The van der Waals surface area contributed by atoms with E-state index >= 15 is 0 Å². The summed E-state index contributed by atoms with van der Waals surface area (Å²) in [5.41, 5.74) is 2.38. The van der Waals surface area contributed by atoms with Crippen molar-refractivity contribution in [3.8, 4) is 5.69 Å². The van der Waals surface area contributed by atoms with Gasteiger partial charge < -0.3 is 9.80 Å². The summed E-state index contributed by atoms with van der Waals surface area (Å²) in [5.74, 6) is 0.618. The zero-order valence-corrected chi connectivity index (χ0v) is 17.8. The highest BCUT2D eigenvalue weighted by atomic mass is 35.5. The van der Waals surface area contributed by atoms with Crippen LogP contribution in [0.2, 0.25) is 5.28 Å². The number of aromatic nitrogens is 4. The number of carbonyl (C=O) groups excluding carboxylic acids is 1. The molecular weight excluding hydrogens is 388 g/mol. The summed E-state index contributed by atoms with van der Waals surface area (Å²) >= 11 is 6.05. The van der Waals surface area contributed by atoms with Crippen molar-refractivity contribution in [2.24, 2.45) is 0 Å². The van der Waals surface area contributed by atoms with Gasteiger partial charge in [-0.1, -0.05) is 33.3 Å². The molecule has 0 N–H and O–H groups in total. The molecule has 1 amide bonds. The van der Waals surface area contributed by atoms with Gasteiger partial charge in [0.25, 0.3) is 0 Å². The van der Waals surface area contributed by atoms with Crippen molar-refractivity contribution in [1.29, 1.82) is 0 Å². The lowest BCUT2D eigenvalue weighted by molar-refractivity contribution is -0.119. The minimum Gasteiger partial charge on any atom is -0.312 e. The van der Waals surface area contributed by atoms with E-state index < -0.39 is 0 Å².